The molecule has 14 heavy (non-hydrogen) atoms. The van der Waals surface area contributed by atoms with E-state index in [1.165, 1.54) is 0 Å². The molecule has 1 aromatic heterocycles. The number of fused-ring (bicyclic) bond motifs is 1. The van der Waals surface area contributed by atoms with E-state index in [9.17, 15) is 0 Å². The molecule has 0 saturated carbocycles. The van der Waals surface area contributed by atoms with Crippen molar-refractivity contribution >= 4 is 22.8 Å². The number of nitrogens with two attached hydrogens (primary N) is 3. The lowest BCUT2D eigenvalue weighted by Gasteiger charge is -1.84. The van der Waals surface area contributed by atoms with E-state index in [1.54, 1.807) is 0 Å². The molecule has 6 heteroatoms. The Hall–Kier alpha value is -2.24. The third kappa shape index (κ3) is 2.37. The van der Waals surface area contributed by atoms with Crippen molar-refractivity contribution in [1.82, 2.24) is 10.2 Å². The Morgan fingerprint density at radius 1 is 1.29 bits per heavy atom. The van der Waals surface area contributed by atoms with Gasteiger partial charge < -0.3 is 17.2 Å². The van der Waals surface area contributed by atoms with Crippen molar-refractivity contribution < 1.29 is 4.79 Å². The topological polar surface area (TPSA) is 124 Å². The van der Waals surface area contributed by atoms with Gasteiger partial charge >= 0.3 is 6.03 Å². The van der Waals surface area contributed by atoms with Gasteiger partial charge in [-0.1, -0.05) is 12.1 Å². The highest BCUT2D eigenvalue weighted by Crippen LogP contribution is 2.15. The first-order valence-electron chi connectivity index (χ1n) is 3.84. The maximum atomic E-state index is 9.00. The van der Waals surface area contributed by atoms with Crippen LogP contribution in [-0.4, -0.2) is 16.2 Å². The summed E-state index contributed by atoms with van der Waals surface area (Å²) in [4.78, 5) is 9.00. The molecule has 0 atom stereocenters. The second-order valence-electron chi connectivity index (χ2n) is 2.56. The highest BCUT2D eigenvalue weighted by molar-refractivity contribution is 5.88. The molecule has 6 nitrogen and oxygen atoms in total. The zero-order valence-corrected chi connectivity index (χ0v) is 7.40. The molecule has 2 amide bonds. The van der Waals surface area contributed by atoms with Gasteiger partial charge in [-0.05, 0) is 12.1 Å². The van der Waals surface area contributed by atoms with Crippen LogP contribution in [-0.2, 0) is 0 Å². The molecule has 0 saturated heterocycles. The monoisotopic (exact) mass is 193 g/mol. The smallest absolute Gasteiger partial charge is 0.309 e. The quantitative estimate of drug-likeness (QED) is 0.476. The third-order valence-electron chi connectivity index (χ3n) is 1.50. The first kappa shape index (κ1) is 9.85. The highest BCUT2D eigenvalue weighted by atomic mass is 16.2. The van der Waals surface area contributed by atoms with Crippen molar-refractivity contribution in [2.45, 2.75) is 0 Å². The van der Waals surface area contributed by atoms with Gasteiger partial charge in [0.1, 0.15) is 0 Å². The summed E-state index contributed by atoms with van der Waals surface area (Å²) in [7, 11) is 0. The van der Waals surface area contributed by atoms with Gasteiger partial charge in [0.05, 0.1) is 5.52 Å². The number of anilines is 1. The van der Waals surface area contributed by atoms with E-state index >= 15 is 0 Å². The number of nitrogens with zero attached hydrogens (tertiary/aromatic N) is 1. The number of benzene rings is 1. The molecule has 0 unspecified atom stereocenters. The molecule has 0 aliphatic rings. The van der Waals surface area contributed by atoms with Crippen molar-refractivity contribution in [2.24, 2.45) is 11.5 Å². The maximum absolute atomic E-state index is 9.00. The van der Waals surface area contributed by atoms with E-state index in [0.717, 1.165) is 10.9 Å². The van der Waals surface area contributed by atoms with Gasteiger partial charge in [-0.25, -0.2) is 4.79 Å². The number of rotatable bonds is 0. The SMILES string of the molecule is NC(N)=O.Nc1n[nH]c2ccccc12. The Labute approximate surface area is 80.1 Å². The van der Waals surface area contributed by atoms with Crippen LogP contribution < -0.4 is 17.2 Å². The molecule has 0 fully saturated rings. The van der Waals surface area contributed by atoms with E-state index in [0.29, 0.717) is 5.82 Å². The fourth-order valence-corrected chi connectivity index (χ4v) is 0.985. The van der Waals surface area contributed by atoms with Crippen LogP contribution in [0, 0.1) is 0 Å². The van der Waals surface area contributed by atoms with Gasteiger partial charge in [-0.15, -0.1) is 0 Å². The average Bonchev–Trinajstić information content (AvgIpc) is 2.48. The Balaban J connectivity index is 0.000000213. The summed E-state index contributed by atoms with van der Waals surface area (Å²) in [6, 6.07) is 6.93. The molecule has 0 radical (unpaired) electrons. The Kier molecular flexibility index (Phi) is 2.90. The van der Waals surface area contributed by atoms with Crippen LogP contribution in [0.3, 0.4) is 0 Å². The normalized spacial score (nSPS) is 9.14. The minimum absolute atomic E-state index is 0.565. The summed E-state index contributed by atoms with van der Waals surface area (Å²) in [5, 5.41) is 7.65. The number of primary amides is 2. The highest BCUT2D eigenvalue weighted by Gasteiger charge is 1.97. The van der Waals surface area contributed by atoms with Crippen molar-refractivity contribution in [2.75, 3.05) is 5.73 Å². The predicted molar refractivity (Wildman–Crippen MR) is 54.3 cm³/mol. The second-order valence-corrected chi connectivity index (χ2v) is 2.56. The summed E-state index contributed by atoms with van der Waals surface area (Å²) in [6.07, 6.45) is 0. The van der Waals surface area contributed by atoms with Crippen molar-refractivity contribution in [3.8, 4) is 0 Å². The largest absolute Gasteiger partial charge is 0.382 e. The zero-order chi connectivity index (χ0) is 10.6. The molecule has 1 heterocycles. The molecule has 74 valence electrons. The number of nitrogens with one attached hydrogen (secondary N) is 1. The third-order valence-corrected chi connectivity index (χ3v) is 1.50. The van der Waals surface area contributed by atoms with Crippen LogP contribution in [0.1, 0.15) is 0 Å². The van der Waals surface area contributed by atoms with Gasteiger partial charge in [0.25, 0.3) is 0 Å². The lowest BCUT2D eigenvalue weighted by atomic mass is 10.2. The minimum atomic E-state index is -0.833. The fraction of sp³-hybridized carbons (Fsp3) is 0. The molecule has 7 N–H and O–H groups in total. The molecule has 0 spiro atoms. The summed E-state index contributed by atoms with van der Waals surface area (Å²) in [5.74, 6) is 0.565. The number of carbonyl (C=O) groups excluding carboxylic acids is 1. The standard InChI is InChI=1S/C7H7N3.CH4N2O/c8-7-5-3-1-2-4-6(5)9-10-7;2-1(3)4/h1-4H,(H3,8,9,10);(H4,2,3,4). The van der Waals surface area contributed by atoms with Crippen molar-refractivity contribution in [3.63, 3.8) is 0 Å². The fourth-order valence-electron chi connectivity index (χ4n) is 0.985. The van der Waals surface area contributed by atoms with E-state index in [4.69, 9.17) is 10.5 Å². The first-order chi connectivity index (χ1) is 6.61. The Morgan fingerprint density at radius 3 is 2.43 bits per heavy atom. The number of amides is 2. The van der Waals surface area contributed by atoms with Crippen LogP contribution in [0.5, 0.6) is 0 Å². The molecule has 2 rings (SSSR count). The number of carbonyl (C=O) groups is 1. The van der Waals surface area contributed by atoms with Crippen molar-refractivity contribution in [3.05, 3.63) is 24.3 Å². The van der Waals surface area contributed by atoms with Gasteiger partial charge in [0.15, 0.2) is 5.82 Å². The van der Waals surface area contributed by atoms with Gasteiger partial charge in [0.2, 0.25) is 0 Å². The number of nitrogen functional groups attached to an aromatic ring is 1. The van der Waals surface area contributed by atoms with Crippen LogP contribution >= 0.6 is 0 Å². The zero-order valence-electron chi connectivity index (χ0n) is 7.40. The number of urea groups is 1. The van der Waals surface area contributed by atoms with Gasteiger partial charge in [-0.2, -0.15) is 5.10 Å². The number of aromatic amines is 1. The maximum Gasteiger partial charge on any atom is 0.309 e. The summed E-state index contributed by atoms with van der Waals surface area (Å²) < 4.78 is 0. The van der Waals surface area contributed by atoms with E-state index < -0.39 is 6.03 Å². The van der Waals surface area contributed by atoms with Gasteiger partial charge in [-0.3, -0.25) is 5.10 Å². The Morgan fingerprint density at radius 2 is 1.86 bits per heavy atom. The minimum Gasteiger partial charge on any atom is -0.382 e. The predicted octanol–water partition coefficient (Wildman–Crippen LogP) is 0.169. The second kappa shape index (κ2) is 4.13. The summed E-state index contributed by atoms with van der Waals surface area (Å²) in [5.41, 5.74) is 15.0. The summed E-state index contributed by atoms with van der Waals surface area (Å²) >= 11 is 0. The molecule has 0 aliphatic carbocycles. The molecular formula is C8H11N5O. The average molecular weight is 193 g/mol. The van der Waals surface area contributed by atoms with Crippen LogP contribution in [0.15, 0.2) is 24.3 Å². The number of aromatic nitrogens is 2. The number of H-pyrrole nitrogens is 1. The Bertz CT molecular complexity index is 432. The summed E-state index contributed by atoms with van der Waals surface area (Å²) in [6.45, 7) is 0. The lowest BCUT2D eigenvalue weighted by molar-refractivity contribution is 0.256. The number of hydrogen-bond donors (Lipinski definition) is 4. The van der Waals surface area contributed by atoms with Crippen molar-refractivity contribution in [1.29, 1.82) is 0 Å². The van der Waals surface area contributed by atoms with E-state index in [2.05, 4.69) is 21.7 Å². The van der Waals surface area contributed by atoms with E-state index in [-0.39, 0.29) is 0 Å². The number of hydrogen-bond acceptors (Lipinski definition) is 3. The van der Waals surface area contributed by atoms with Gasteiger partial charge in [0, 0.05) is 5.39 Å². The lowest BCUT2D eigenvalue weighted by Crippen LogP contribution is -2.18. The first-order valence-corrected chi connectivity index (χ1v) is 3.84. The molecular weight excluding hydrogens is 182 g/mol. The van der Waals surface area contributed by atoms with Crippen LogP contribution in [0.25, 0.3) is 10.9 Å². The van der Waals surface area contributed by atoms with E-state index in [1.807, 2.05) is 24.3 Å². The molecule has 0 aliphatic heterocycles. The molecule has 0 bridgehead atoms. The molecule has 1 aromatic carbocycles. The molecule has 2 aromatic rings. The van der Waals surface area contributed by atoms with Crippen LogP contribution in [0.2, 0.25) is 0 Å². The van der Waals surface area contributed by atoms with Crippen LogP contribution in [0.4, 0.5) is 10.6 Å². The number of para-hydroxylation sites is 1.